The lowest BCUT2D eigenvalue weighted by Crippen LogP contribution is -2.30. The van der Waals surface area contributed by atoms with Gasteiger partial charge in [-0.25, -0.2) is 0 Å². The summed E-state index contributed by atoms with van der Waals surface area (Å²) >= 11 is 18.3. The summed E-state index contributed by atoms with van der Waals surface area (Å²) in [6, 6.07) is 3.46. The first-order chi connectivity index (χ1) is 8.01. The normalized spacial score (nSPS) is 13.1. The molecule has 0 heterocycles. The van der Waals surface area contributed by atoms with Crippen molar-refractivity contribution >= 4 is 34.8 Å². The predicted molar refractivity (Wildman–Crippen MR) is 75.9 cm³/mol. The van der Waals surface area contributed by atoms with Crippen LogP contribution >= 0.6 is 34.8 Å². The van der Waals surface area contributed by atoms with Crippen LogP contribution in [0.15, 0.2) is 12.1 Å². The highest BCUT2D eigenvalue weighted by molar-refractivity contribution is 6.44. The van der Waals surface area contributed by atoms with Gasteiger partial charge in [0.05, 0.1) is 10.0 Å². The summed E-state index contributed by atoms with van der Waals surface area (Å²) in [7, 11) is 0. The molecule has 96 valence electrons. The van der Waals surface area contributed by atoms with E-state index in [0.29, 0.717) is 34.1 Å². The monoisotopic (exact) mass is 294 g/mol. The highest BCUT2D eigenvalue weighted by Gasteiger charge is 2.18. The summed E-state index contributed by atoms with van der Waals surface area (Å²) < 4.78 is 0. The molecular weight excluding hydrogens is 279 g/mol. The van der Waals surface area contributed by atoms with Gasteiger partial charge in [0, 0.05) is 5.02 Å². The molecule has 0 aromatic heterocycles. The first kappa shape index (κ1) is 15.1. The van der Waals surface area contributed by atoms with Crippen molar-refractivity contribution in [2.45, 2.75) is 13.3 Å². The SMILES string of the molecule is CC(Cc1c(Cl)ccc(Cl)c1Cl)C(CN)CN. The zero-order valence-electron chi connectivity index (χ0n) is 9.72. The van der Waals surface area contributed by atoms with Crippen molar-refractivity contribution in [1.29, 1.82) is 0 Å². The summed E-state index contributed by atoms with van der Waals surface area (Å²) in [4.78, 5) is 0. The minimum Gasteiger partial charge on any atom is -0.330 e. The van der Waals surface area contributed by atoms with Gasteiger partial charge in [0.2, 0.25) is 0 Å². The molecule has 0 spiro atoms. The molecule has 0 aliphatic heterocycles. The van der Waals surface area contributed by atoms with E-state index in [-0.39, 0.29) is 5.92 Å². The van der Waals surface area contributed by atoms with Crippen LogP contribution in [0.3, 0.4) is 0 Å². The number of hydrogen-bond acceptors (Lipinski definition) is 2. The Kier molecular flexibility index (Phi) is 6.04. The zero-order valence-corrected chi connectivity index (χ0v) is 12.0. The summed E-state index contributed by atoms with van der Waals surface area (Å²) in [5.41, 5.74) is 12.2. The molecule has 0 amide bonds. The van der Waals surface area contributed by atoms with Gasteiger partial charge in [-0.15, -0.1) is 0 Å². The van der Waals surface area contributed by atoms with E-state index in [2.05, 4.69) is 6.92 Å². The van der Waals surface area contributed by atoms with E-state index in [1.165, 1.54) is 0 Å². The van der Waals surface area contributed by atoms with Gasteiger partial charge >= 0.3 is 0 Å². The maximum atomic E-state index is 6.15. The molecule has 1 rings (SSSR count). The Morgan fingerprint density at radius 2 is 1.59 bits per heavy atom. The van der Waals surface area contributed by atoms with Crippen molar-refractivity contribution in [2.75, 3.05) is 13.1 Å². The van der Waals surface area contributed by atoms with Crippen molar-refractivity contribution < 1.29 is 0 Å². The van der Waals surface area contributed by atoms with E-state index < -0.39 is 0 Å². The van der Waals surface area contributed by atoms with Gasteiger partial charge in [-0.3, -0.25) is 0 Å². The number of hydrogen-bond donors (Lipinski definition) is 2. The average molecular weight is 296 g/mol. The predicted octanol–water partition coefficient (Wildman–Crippen LogP) is 3.36. The summed E-state index contributed by atoms with van der Waals surface area (Å²) in [6.45, 7) is 3.22. The second-order valence-electron chi connectivity index (χ2n) is 4.23. The molecule has 0 aliphatic rings. The van der Waals surface area contributed by atoms with Crippen molar-refractivity contribution in [3.8, 4) is 0 Å². The molecular formula is C12H17Cl3N2. The quantitative estimate of drug-likeness (QED) is 0.818. The molecule has 1 aromatic rings. The largest absolute Gasteiger partial charge is 0.330 e. The number of benzene rings is 1. The lowest BCUT2D eigenvalue weighted by molar-refractivity contribution is 0.372. The Hall–Kier alpha value is 0.01000. The van der Waals surface area contributed by atoms with E-state index in [1.807, 2.05) is 0 Å². The third-order valence-electron chi connectivity index (χ3n) is 3.08. The minimum atomic E-state index is 0.265. The number of rotatable bonds is 5. The zero-order chi connectivity index (χ0) is 13.0. The van der Waals surface area contributed by atoms with Crippen LogP contribution in [0.2, 0.25) is 15.1 Å². The first-order valence-electron chi connectivity index (χ1n) is 5.53. The molecule has 17 heavy (non-hydrogen) atoms. The third kappa shape index (κ3) is 3.73. The fourth-order valence-electron chi connectivity index (χ4n) is 1.81. The molecule has 0 fully saturated rings. The van der Waals surface area contributed by atoms with Crippen molar-refractivity contribution in [2.24, 2.45) is 23.3 Å². The van der Waals surface area contributed by atoms with Crippen LogP contribution < -0.4 is 11.5 Å². The van der Waals surface area contributed by atoms with Crippen LogP contribution in [0.25, 0.3) is 0 Å². The van der Waals surface area contributed by atoms with Crippen LogP contribution in [-0.4, -0.2) is 13.1 Å². The average Bonchev–Trinajstić information content (AvgIpc) is 2.31. The molecule has 4 N–H and O–H groups in total. The van der Waals surface area contributed by atoms with Crippen molar-refractivity contribution in [3.05, 3.63) is 32.8 Å². The fourth-order valence-corrected chi connectivity index (χ4v) is 2.51. The Morgan fingerprint density at radius 1 is 1.06 bits per heavy atom. The van der Waals surface area contributed by atoms with Crippen LogP contribution in [0.1, 0.15) is 12.5 Å². The lowest BCUT2D eigenvalue weighted by atomic mass is 9.88. The molecule has 1 unspecified atom stereocenters. The Balaban J connectivity index is 2.91. The van der Waals surface area contributed by atoms with E-state index in [0.717, 1.165) is 12.0 Å². The van der Waals surface area contributed by atoms with E-state index >= 15 is 0 Å². The van der Waals surface area contributed by atoms with Gasteiger partial charge in [0.25, 0.3) is 0 Å². The molecule has 1 atom stereocenters. The number of halogens is 3. The maximum Gasteiger partial charge on any atom is 0.0639 e. The van der Waals surface area contributed by atoms with Crippen LogP contribution in [0, 0.1) is 11.8 Å². The third-order valence-corrected chi connectivity index (χ3v) is 4.27. The van der Waals surface area contributed by atoms with Gasteiger partial charge in [0.15, 0.2) is 0 Å². The second kappa shape index (κ2) is 6.81. The molecule has 1 aromatic carbocycles. The molecule has 0 bridgehead atoms. The molecule has 5 heteroatoms. The molecule has 0 aliphatic carbocycles. The van der Waals surface area contributed by atoms with E-state index in [9.17, 15) is 0 Å². The highest BCUT2D eigenvalue weighted by atomic mass is 35.5. The molecule has 0 radical (unpaired) electrons. The van der Waals surface area contributed by atoms with Gasteiger partial charge in [-0.1, -0.05) is 41.7 Å². The van der Waals surface area contributed by atoms with Gasteiger partial charge in [-0.05, 0) is 49.0 Å². The van der Waals surface area contributed by atoms with Gasteiger partial charge in [-0.2, -0.15) is 0 Å². The smallest absolute Gasteiger partial charge is 0.0639 e. The van der Waals surface area contributed by atoms with Crippen LogP contribution in [0.4, 0.5) is 0 Å². The lowest BCUT2D eigenvalue weighted by Gasteiger charge is -2.22. The minimum absolute atomic E-state index is 0.265. The summed E-state index contributed by atoms with van der Waals surface area (Å²) in [5, 5.41) is 1.69. The standard InChI is InChI=1S/C12H17Cl3N2/c1-7(8(5-16)6-17)4-9-10(13)2-3-11(14)12(9)15/h2-3,7-8H,4-6,16-17H2,1H3. The fraction of sp³-hybridized carbons (Fsp3) is 0.500. The van der Waals surface area contributed by atoms with Gasteiger partial charge in [0.1, 0.15) is 0 Å². The van der Waals surface area contributed by atoms with Gasteiger partial charge < -0.3 is 11.5 Å². The van der Waals surface area contributed by atoms with E-state index in [4.69, 9.17) is 46.3 Å². The summed E-state index contributed by atoms with van der Waals surface area (Å²) in [6.07, 6.45) is 0.733. The number of nitrogens with two attached hydrogens (primary N) is 2. The van der Waals surface area contributed by atoms with Crippen LogP contribution in [-0.2, 0) is 6.42 Å². The highest BCUT2D eigenvalue weighted by Crippen LogP contribution is 2.33. The molecule has 2 nitrogen and oxygen atoms in total. The Bertz CT molecular complexity index is 378. The first-order valence-corrected chi connectivity index (χ1v) is 6.67. The summed E-state index contributed by atoms with van der Waals surface area (Å²) in [5.74, 6) is 0.583. The Morgan fingerprint density at radius 3 is 2.12 bits per heavy atom. The topological polar surface area (TPSA) is 52.0 Å². The second-order valence-corrected chi connectivity index (χ2v) is 5.43. The van der Waals surface area contributed by atoms with Crippen LogP contribution in [0.5, 0.6) is 0 Å². The maximum absolute atomic E-state index is 6.15. The van der Waals surface area contributed by atoms with E-state index in [1.54, 1.807) is 12.1 Å². The van der Waals surface area contributed by atoms with Crippen molar-refractivity contribution in [3.63, 3.8) is 0 Å². The molecule has 0 saturated heterocycles. The molecule has 0 saturated carbocycles. The Labute approximate surface area is 117 Å². The van der Waals surface area contributed by atoms with Crippen molar-refractivity contribution in [1.82, 2.24) is 0 Å².